The molecule has 0 aliphatic rings. The van der Waals surface area contributed by atoms with Crippen molar-refractivity contribution in [3.63, 3.8) is 0 Å². The molecule has 0 aliphatic heterocycles. The average Bonchev–Trinajstić information content (AvgIpc) is 3.06. The first kappa shape index (κ1) is 17.0. The van der Waals surface area contributed by atoms with Crippen molar-refractivity contribution in [2.75, 3.05) is 6.54 Å². The number of hydrogen-bond acceptors (Lipinski definition) is 4. The van der Waals surface area contributed by atoms with Gasteiger partial charge in [0, 0.05) is 6.54 Å². The van der Waals surface area contributed by atoms with Crippen LogP contribution in [0, 0.1) is 0 Å². The fraction of sp³-hybridized carbons (Fsp3) is 0.250. The number of carbonyl (C=O) groups excluding carboxylic acids is 1. The van der Waals surface area contributed by atoms with E-state index in [1.165, 1.54) is 23.5 Å². The molecule has 0 bridgehead atoms. The van der Waals surface area contributed by atoms with E-state index in [4.69, 9.17) is 5.11 Å². The Bertz CT molecular complexity index is 666. The molecule has 23 heavy (non-hydrogen) atoms. The number of carboxylic acids is 1. The monoisotopic (exact) mass is 334 g/mol. The van der Waals surface area contributed by atoms with Gasteiger partial charge in [-0.2, -0.15) is 11.3 Å². The zero-order chi connectivity index (χ0) is 16.9. The fourth-order valence-electron chi connectivity index (χ4n) is 1.94. The summed E-state index contributed by atoms with van der Waals surface area (Å²) in [6.45, 7) is 2.00. The number of carbonyl (C=O) groups is 2. The molecule has 6 nitrogen and oxygen atoms in total. The number of thiophene rings is 1. The zero-order valence-corrected chi connectivity index (χ0v) is 13.4. The van der Waals surface area contributed by atoms with Crippen molar-refractivity contribution >= 4 is 23.3 Å². The van der Waals surface area contributed by atoms with Crippen LogP contribution in [0.25, 0.3) is 0 Å². The number of aromatic carboxylic acids is 1. The van der Waals surface area contributed by atoms with E-state index in [-0.39, 0.29) is 18.7 Å². The van der Waals surface area contributed by atoms with E-state index >= 15 is 0 Å². The number of benzene rings is 1. The molecule has 1 heterocycles. The van der Waals surface area contributed by atoms with Crippen LogP contribution < -0.4 is 10.6 Å². The molecule has 7 heteroatoms. The van der Waals surface area contributed by atoms with Gasteiger partial charge in [-0.3, -0.25) is 0 Å². The summed E-state index contributed by atoms with van der Waals surface area (Å²) in [5.74, 6) is -0.988. The van der Waals surface area contributed by atoms with E-state index in [0.717, 1.165) is 11.1 Å². The molecule has 0 saturated heterocycles. The molecule has 2 aromatic rings. The highest BCUT2D eigenvalue weighted by atomic mass is 32.1. The highest BCUT2D eigenvalue weighted by molar-refractivity contribution is 7.08. The van der Waals surface area contributed by atoms with Crippen LogP contribution in [0.5, 0.6) is 0 Å². The Kier molecular flexibility index (Phi) is 5.36. The Morgan fingerprint density at radius 3 is 2.43 bits per heavy atom. The second-order valence-electron chi connectivity index (χ2n) is 5.32. The van der Waals surface area contributed by atoms with Crippen molar-refractivity contribution in [3.05, 3.63) is 57.8 Å². The number of nitrogens with one attached hydrogen (secondary N) is 2. The molecule has 0 aliphatic carbocycles. The lowest BCUT2D eigenvalue weighted by molar-refractivity contribution is 0.0598. The molecular weight excluding hydrogens is 316 g/mol. The third-order valence-corrected chi connectivity index (χ3v) is 4.07. The lowest BCUT2D eigenvalue weighted by Crippen LogP contribution is -2.43. The molecule has 0 fully saturated rings. The first-order valence-corrected chi connectivity index (χ1v) is 7.92. The van der Waals surface area contributed by atoms with Gasteiger partial charge >= 0.3 is 12.0 Å². The highest BCUT2D eigenvalue weighted by Crippen LogP contribution is 2.21. The molecule has 1 atom stereocenters. The van der Waals surface area contributed by atoms with Gasteiger partial charge in [0.25, 0.3) is 0 Å². The smallest absolute Gasteiger partial charge is 0.335 e. The van der Waals surface area contributed by atoms with E-state index in [9.17, 15) is 14.7 Å². The second kappa shape index (κ2) is 7.26. The van der Waals surface area contributed by atoms with Crippen molar-refractivity contribution in [1.82, 2.24) is 10.6 Å². The van der Waals surface area contributed by atoms with Crippen LogP contribution >= 0.6 is 11.3 Å². The minimum atomic E-state index is -1.12. The molecule has 0 radical (unpaired) electrons. The predicted molar refractivity (Wildman–Crippen MR) is 87.5 cm³/mol. The summed E-state index contributed by atoms with van der Waals surface area (Å²) in [6.07, 6.45) is 0. The third-order valence-electron chi connectivity index (χ3n) is 3.39. The summed E-state index contributed by atoms with van der Waals surface area (Å²) in [5.41, 5.74) is 0.618. The third kappa shape index (κ3) is 4.80. The lowest BCUT2D eigenvalue weighted by Gasteiger charge is -2.22. The number of carboxylic acid groups (broad SMARTS) is 1. The van der Waals surface area contributed by atoms with Crippen LogP contribution in [0.1, 0.15) is 28.4 Å². The van der Waals surface area contributed by atoms with Crippen LogP contribution in [-0.2, 0) is 12.1 Å². The fourth-order valence-corrected chi connectivity index (χ4v) is 2.72. The lowest BCUT2D eigenvalue weighted by atomic mass is 9.99. The van der Waals surface area contributed by atoms with Crippen molar-refractivity contribution in [3.8, 4) is 0 Å². The van der Waals surface area contributed by atoms with E-state index in [2.05, 4.69) is 10.6 Å². The van der Waals surface area contributed by atoms with Gasteiger partial charge in [0.15, 0.2) is 0 Å². The summed E-state index contributed by atoms with van der Waals surface area (Å²) in [5, 5.41) is 28.1. The molecule has 2 amide bonds. The van der Waals surface area contributed by atoms with Crippen LogP contribution in [-0.4, -0.2) is 28.8 Å². The van der Waals surface area contributed by atoms with Crippen LogP contribution in [0.3, 0.4) is 0 Å². The van der Waals surface area contributed by atoms with Gasteiger partial charge < -0.3 is 20.8 Å². The van der Waals surface area contributed by atoms with Gasteiger partial charge in [-0.1, -0.05) is 12.1 Å². The average molecular weight is 334 g/mol. The van der Waals surface area contributed by atoms with Gasteiger partial charge in [-0.05, 0) is 47.0 Å². The van der Waals surface area contributed by atoms with Gasteiger partial charge in [-0.15, -0.1) is 0 Å². The summed E-state index contributed by atoms with van der Waals surface area (Å²) in [4.78, 5) is 22.5. The first-order chi connectivity index (χ1) is 10.9. The second-order valence-corrected chi connectivity index (χ2v) is 6.10. The number of aliphatic hydroxyl groups is 1. The molecule has 2 rings (SSSR count). The molecule has 1 aromatic heterocycles. The quantitative estimate of drug-likeness (QED) is 0.650. The van der Waals surface area contributed by atoms with E-state index in [0.29, 0.717) is 0 Å². The van der Waals surface area contributed by atoms with Crippen molar-refractivity contribution in [1.29, 1.82) is 0 Å². The normalized spacial score (nSPS) is 13.1. The summed E-state index contributed by atoms with van der Waals surface area (Å²) < 4.78 is 0. The molecule has 122 valence electrons. The summed E-state index contributed by atoms with van der Waals surface area (Å²) >= 11 is 1.48. The zero-order valence-electron chi connectivity index (χ0n) is 12.6. The van der Waals surface area contributed by atoms with Crippen LogP contribution in [0.15, 0.2) is 41.1 Å². The molecule has 0 spiro atoms. The minimum Gasteiger partial charge on any atom is -0.478 e. The standard InChI is InChI=1S/C16H18N2O4S/c1-16(22,13-6-7-23-9-13)10-18-15(21)17-8-11-2-4-12(5-3-11)14(19)20/h2-7,9,22H,8,10H2,1H3,(H,19,20)(H2,17,18,21). The largest absolute Gasteiger partial charge is 0.478 e. The Balaban J connectivity index is 1.80. The maximum Gasteiger partial charge on any atom is 0.335 e. The highest BCUT2D eigenvalue weighted by Gasteiger charge is 2.24. The van der Waals surface area contributed by atoms with Gasteiger partial charge in [0.1, 0.15) is 5.60 Å². The predicted octanol–water partition coefficient (Wildman–Crippen LogP) is 2.15. The van der Waals surface area contributed by atoms with Crippen molar-refractivity contribution < 1.29 is 19.8 Å². The Labute approximate surface area is 137 Å². The minimum absolute atomic E-state index is 0.0908. The van der Waals surface area contributed by atoms with Gasteiger partial charge in [0.2, 0.25) is 0 Å². The molecule has 0 saturated carbocycles. The molecular formula is C16H18N2O4S. The molecule has 4 N–H and O–H groups in total. The topological polar surface area (TPSA) is 98.7 Å². The molecule has 1 unspecified atom stereocenters. The number of urea groups is 1. The maximum absolute atomic E-state index is 11.8. The Morgan fingerprint density at radius 2 is 1.87 bits per heavy atom. The summed E-state index contributed by atoms with van der Waals surface area (Å²) in [6, 6.07) is 7.67. The van der Waals surface area contributed by atoms with E-state index < -0.39 is 17.6 Å². The summed E-state index contributed by atoms with van der Waals surface area (Å²) in [7, 11) is 0. The van der Waals surface area contributed by atoms with Crippen molar-refractivity contribution in [2.24, 2.45) is 0 Å². The number of rotatable bonds is 6. The van der Waals surface area contributed by atoms with Crippen molar-refractivity contribution in [2.45, 2.75) is 19.1 Å². The Hall–Kier alpha value is -2.38. The maximum atomic E-state index is 11.8. The number of amides is 2. The number of hydrogen-bond donors (Lipinski definition) is 4. The first-order valence-electron chi connectivity index (χ1n) is 6.97. The SMILES string of the molecule is CC(O)(CNC(=O)NCc1ccc(C(=O)O)cc1)c1ccsc1. The van der Waals surface area contributed by atoms with Crippen LogP contribution in [0.2, 0.25) is 0 Å². The van der Waals surface area contributed by atoms with E-state index in [1.807, 2.05) is 16.8 Å². The van der Waals surface area contributed by atoms with Gasteiger partial charge in [0.05, 0.1) is 12.1 Å². The van der Waals surface area contributed by atoms with E-state index in [1.54, 1.807) is 19.1 Å². The van der Waals surface area contributed by atoms with Gasteiger partial charge in [-0.25, -0.2) is 9.59 Å². The van der Waals surface area contributed by atoms with Crippen LogP contribution in [0.4, 0.5) is 4.79 Å². The Morgan fingerprint density at radius 1 is 1.17 bits per heavy atom. The molecule has 1 aromatic carbocycles.